The largest absolute Gasteiger partial charge is 0.325 e. The number of likely N-dealkylation sites (N-methyl/N-ethyl adjacent to an activating group) is 1. The SMILES string of the molecule is CCN(Cc1cccs1)[C@@H](C)C(=O)Nc1ccc(S(=O)(=O)N2CCCC2)cc1. The zero-order chi connectivity index (χ0) is 20.1. The summed E-state index contributed by atoms with van der Waals surface area (Å²) in [4.78, 5) is 16.3. The topological polar surface area (TPSA) is 69.7 Å². The van der Waals surface area contributed by atoms with Crippen molar-refractivity contribution in [1.82, 2.24) is 9.21 Å². The van der Waals surface area contributed by atoms with Gasteiger partial charge >= 0.3 is 0 Å². The number of hydrogen-bond acceptors (Lipinski definition) is 5. The van der Waals surface area contributed by atoms with E-state index in [4.69, 9.17) is 0 Å². The van der Waals surface area contributed by atoms with Gasteiger partial charge in [0.05, 0.1) is 10.9 Å². The summed E-state index contributed by atoms with van der Waals surface area (Å²) >= 11 is 1.68. The average Bonchev–Trinajstić information content (AvgIpc) is 3.40. The van der Waals surface area contributed by atoms with Crippen LogP contribution in [0.5, 0.6) is 0 Å². The number of carbonyl (C=O) groups is 1. The molecular formula is C20H27N3O3S2. The van der Waals surface area contributed by atoms with Gasteiger partial charge in [-0.2, -0.15) is 4.31 Å². The number of nitrogens with zero attached hydrogens (tertiary/aromatic N) is 2. The molecule has 152 valence electrons. The van der Waals surface area contributed by atoms with Crippen molar-refractivity contribution in [2.24, 2.45) is 0 Å². The Hall–Kier alpha value is -1.74. The van der Waals surface area contributed by atoms with E-state index in [-0.39, 0.29) is 16.8 Å². The number of thiophene rings is 1. The molecule has 1 aliphatic heterocycles. The highest BCUT2D eigenvalue weighted by Gasteiger charge is 2.27. The standard InChI is InChI=1S/C20H27N3O3S2/c1-3-22(15-18-7-6-14-27-18)16(2)20(24)21-17-8-10-19(11-9-17)28(25,26)23-12-4-5-13-23/h6-11,14,16H,3-5,12-13,15H2,1-2H3,(H,21,24)/t16-/m0/s1. The van der Waals surface area contributed by atoms with Crippen molar-refractivity contribution in [3.63, 3.8) is 0 Å². The normalized spacial score (nSPS) is 16.4. The van der Waals surface area contributed by atoms with E-state index >= 15 is 0 Å². The maximum atomic E-state index is 12.7. The van der Waals surface area contributed by atoms with E-state index in [1.807, 2.05) is 25.3 Å². The van der Waals surface area contributed by atoms with Gasteiger partial charge in [-0.05, 0) is 62.0 Å². The Bertz CT molecular complexity index is 874. The molecule has 1 saturated heterocycles. The molecule has 28 heavy (non-hydrogen) atoms. The van der Waals surface area contributed by atoms with E-state index in [2.05, 4.69) is 16.3 Å². The molecule has 0 spiro atoms. The fraction of sp³-hybridized carbons (Fsp3) is 0.450. The van der Waals surface area contributed by atoms with Crippen LogP contribution in [0.3, 0.4) is 0 Å². The van der Waals surface area contributed by atoms with Crippen molar-refractivity contribution >= 4 is 33.0 Å². The third-order valence-electron chi connectivity index (χ3n) is 5.10. The van der Waals surface area contributed by atoms with Crippen LogP contribution in [0.2, 0.25) is 0 Å². The number of hydrogen-bond donors (Lipinski definition) is 1. The Morgan fingerprint density at radius 2 is 1.89 bits per heavy atom. The molecular weight excluding hydrogens is 394 g/mol. The predicted octanol–water partition coefficient (Wildman–Crippen LogP) is 3.38. The van der Waals surface area contributed by atoms with E-state index in [1.54, 1.807) is 35.6 Å². The van der Waals surface area contributed by atoms with Crippen LogP contribution in [0, 0.1) is 0 Å². The third kappa shape index (κ3) is 4.81. The summed E-state index contributed by atoms with van der Waals surface area (Å²) in [7, 11) is -3.43. The zero-order valence-electron chi connectivity index (χ0n) is 16.3. The molecule has 0 bridgehead atoms. The number of amides is 1. The summed E-state index contributed by atoms with van der Waals surface area (Å²) in [5, 5.41) is 4.93. The number of sulfonamides is 1. The highest BCUT2D eigenvalue weighted by Crippen LogP contribution is 2.22. The molecule has 1 N–H and O–H groups in total. The Balaban J connectivity index is 1.63. The van der Waals surface area contributed by atoms with Crippen LogP contribution < -0.4 is 5.32 Å². The summed E-state index contributed by atoms with van der Waals surface area (Å²) in [6.07, 6.45) is 1.81. The molecule has 1 atom stereocenters. The van der Waals surface area contributed by atoms with Crippen LogP contribution in [0.25, 0.3) is 0 Å². The first-order valence-electron chi connectivity index (χ1n) is 9.59. The van der Waals surface area contributed by atoms with Gasteiger partial charge in [0.15, 0.2) is 0 Å². The van der Waals surface area contributed by atoms with E-state index < -0.39 is 10.0 Å². The minimum atomic E-state index is -3.43. The minimum Gasteiger partial charge on any atom is -0.325 e. The molecule has 0 unspecified atom stereocenters. The third-order valence-corrected chi connectivity index (χ3v) is 7.87. The van der Waals surface area contributed by atoms with Gasteiger partial charge in [0.2, 0.25) is 15.9 Å². The highest BCUT2D eigenvalue weighted by molar-refractivity contribution is 7.89. The first-order valence-corrected chi connectivity index (χ1v) is 11.9. The summed E-state index contributed by atoms with van der Waals surface area (Å²) in [6, 6.07) is 10.2. The van der Waals surface area contributed by atoms with Gasteiger partial charge in [0.25, 0.3) is 0 Å². The van der Waals surface area contributed by atoms with Crippen molar-refractivity contribution in [3.8, 4) is 0 Å². The zero-order valence-corrected chi connectivity index (χ0v) is 17.9. The van der Waals surface area contributed by atoms with Gasteiger partial charge in [-0.25, -0.2) is 8.42 Å². The van der Waals surface area contributed by atoms with Crippen molar-refractivity contribution in [3.05, 3.63) is 46.7 Å². The fourth-order valence-electron chi connectivity index (χ4n) is 3.33. The van der Waals surface area contributed by atoms with Gasteiger partial charge in [-0.15, -0.1) is 11.3 Å². The van der Waals surface area contributed by atoms with E-state index in [9.17, 15) is 13.2 Å². The quantitative estimate of drug-likeness (QED) is 0.709. The summed E-state index contributed by atoms with van der Waals surface area (Å²) in [6.45, 7) is 6.58. The first-order chi connectivity index (χ1) is 13.4. The van der Waals surface area contributed by atoms with Crippen LogP contribution in [0.1, 0.15) is 31.6 Å². The molecule has 8 heteroatoms. The average molecular weight is 422 g/mol. The molecule has 1 fully saturated rings. The lowest BCUT2D eigenvalue weighted by Crippen LogP contribution is -2.41. The van der Waals surface area contributed by atoms with Crippen LogP contribution in [0.4, 0.5) is 5.69 Å². The smallest absolute Gasteiger partial charge is 0.243 e. The number of nitrogens with one attached hydrogen (secondary N) is 1. The lowest BCUT2D eigenvalue weighted by atomic mass is 10.2. The fourth-order valence-corrected chi connectivity index (χ4v) is 5.57. The monoisotopic (exact) mass is 421 g/mol. The Morgan fingerprint density at radius 3 is 2.46 bits per heavy atom. The number of anilines is 1. The second-order valence-corrected chi connectivity index (χ2v) is 9.91. The molecule has 6 nitrogen and oxygen atoms in total. The Labute approximate surface area is 171 Å². The van der Waals surface area contributed by atoms with E-state index in [1.165, 1.54) is 9.18 Å². The molecule has 1 amide bonds. The van der Waals surface area contributed by atoms with Crippen LogP contribution in [0.15, 0.2) is 46.7 Å². The van der Waals surface area contributed by atoms with Crippen LogP contribution in [-0.4, -0.2) is 49.2 Å². The summed E-state index contributed by atoms with van der Waals surface area (Å²) < 4.78 is 26.7. The summed E-state index contributed by atoms with van der Waals surface area (Å²) in [5.41, 5.74) is 0.601. The highest BCUT2D eigenvalue weighted by atomic mass is 32.2. The molecule has 2 aromatic rings. The maximum Gasteiger partial charge on any atom is 0.243 e. The lowest BCUT2D eigenvalue weighted by Gasteiger charge is -2.26. The molecule has 2 heterocycles. The Kier molecular flexibility index (Phi) is 6.87. The minimum absolute atomic E-state index is 0.103. The number of rotatable bonds is 8. The molecule has 1 aromatic carbocycles. The number of carbonyl (C=O) groups excluding carboxylic acids is 1. The van der Waals surface area contributed by atoms with Crippen molar-refractivity contribution in [2.45, 2.75) is 44.2 Å². The molecule has 0 saturated carbocycles. The molecule has 3 rings (SSSR count). The maximum absolute atomic E-state index is 12.7. The summed E-state index contributed by atoms with van der Waals surface area (Å²) in [5.74, 6) is -0.103. The van der Waals surface area contributed by atoms with Gasteiger partial charge in [0, 0.05) is 30.2 Å². The van der Waals surface area contributed by atoms with Gasteiger partial charge in [0.1, 0.15) is 0 Å². The van der Waals surface area contributed by atoms with Gasteiger partial charge in [-0.3, -0.25) is 9.69 Å². The predicted molar refractivity (Wildman–Crippen MR) is 113 cm³/mol. The van der Waals surface area contributed by atoms with Crippen LogP contribution in [-0.2, 0) is 21.4 Å². The second kappa shape index (κ2) is 9.17. The molecule has 0 aliphatic carbocycles. The van der Waals surface area contributed by atoms with E-state index in [0.717, 1.165) is 25.9 Å². The molecule has 1 aromatic heterocycles. The van der Waals surface area contributed by atoms with Crippen molar-refractivity contribution in [2.75, 3.05) is 25.0 Å². The van der Waals surface area contributed by atoms with Crippen LogP contribution >= 0.6 is 11.3 Å². The first kappa shape index (κ1) is 21.0. The lowest BCUT2D eigenvalue weighted by molar-refractivity contribution is -0.120. The number of benzene rings is 1. The van der Waals surface area contributed by atoms with Crippen molar-refractivity contribution in [1.29, 1.82) is 0 Å². The van der Waals surface area contributed by atoms with Gasteiger partial charge < -0.3 is 5.32 Å². The Morgan fingerprint density at radius 1 is 1.21 bits per heavy atom. The molecule has 0 radical (unpaired) electrons. The van der Waals surface area contributed by atoms with E-state index in [0.29, 0.717) is 18.8 Å². The van der Waals surface area contributed by atoms with Gasteiger partial charge in [-0.1, -0.05) is 13.0 Å². The second-order valence-electron chi connectivity index (χ2n) is 6.94. The molecule has 1 aliphatic rings. The van der Waals surface area contributed by atoms with Crippen molar-refractivity contribution < 1.29 is 13.2 Å².